The zero-order valence-corrected chi connectivity index (χ0v) is 18.0. The highest BCUT2D eigenvalue weighted by atomic mass is 35.5. The van der Waals surface area contributed by atoms with Crippen molar-refractivity contribution in [2.75, 3.05) is 19.7 Å². The number of aromatic hydroxyl groups is 1. The van der Waals surface area contributed by atoms with Crippen LogP contribution in [0.4, 0.5) is 4.79 Å². The molecule has 0 unspecified atom stereocenters. The Kier molecular flexibility index (Phi) is 4.93. The maximum Gasteiger partial charge on any atom is 0.409 e. The van der Waals surface area contributed by atoms with Crippen molar-refractivity contribution in [3.8, 4) is 11.5 Å². The van der Waals surface area contributed by atoms with Crippen molar-refractivity contribution in [3.63, 3.8) is 0 Å². The van der Waals surface area contributed by atoms with Gasteiger partial charge in [-0.15, -0.1) is 0 Å². The summed E-state index contributed by atoms with van der Waals surface area (Å²) < 4.78 is 11.7. The van der Waals surface area contributed by atoms with Gasteiger partial charge < -0.3 is 19.5 Å². The van der Waals surface area contributed by atoms with Gasteiger partial charge in [0.2, 0.25) is 5.72 Å². The van der Waals surface area contributed by atoms with Crippen LogP contribution in [-0.2, 0) is 4.74 Å². The SMILES string of the molecule is CCOC(=O)N1CCC2(CC1)Oc1ccc(Cl)cc1[C@H]1CC(c3ccccc3O)=NN12. The number of hydrazone groups is 1. The highest BCUT2D eigenvalue weighted by Gasteiger charge is 2.52. The molecule has 0 aromatic heterocycles. The summed E-state index contributed by atoms with van der Waals surface area (Å²) in [5, 5.41) is 18.0. The van der Waals surface area contributed by atoms with Crippen LogP contribution in [0.15, 0.2) is 47.6 Å². The first-order valence-corrected chi connectivity index (χ1v) is 10.9. The van der Waals surface area contributed by atoms with Gasteiger partial charge in [0.1, 0.15) is 11.5 Å². The van der Waals surface area contributed by atoms with Crippen molar-refractivity contribution < 1.29 is 19.4 Å². The highest BCUT2D eigenvalue weighted by Crippen LogP contribution is 2.50. The van der Waals surface area contributed by atoms with E-state index in [1.54, 1.807) is 24.0 Å². The number of benzene rings is 2. The lowest BCUT2D eigenvalue weighted by atomic mass is 9.90. The number of hydrogen-bond acceptors (Lipinski definition) is 6. The number of fused-ring (bicyclic) bond motifs is 4. The summed E-state index contributed by atoms with van der Waals surface area (Å²) in [5.74, 6) is 1.00. The van der Waals surface area contributed by atoms with Gasteiger partial charge in [0.05, 0.1) is 18.4 Å². The Hall–Kier alpha value is -2.93. The molecule has 1 fully saturated rings. The molecule has 3 heterocycles. The number of rotatable bonds is 2. The number of para-hydroxylation sites is 1. The average Bonchev–Trinajstić information content (AvgIpc) is 3.22. The van der Waals surface area contributed by atoms with E-state index >= 15 is 0 Å². The van der Waals surface area contributed by atoms with E-state index in [4.69, 9.17) is 26.2 Å². The molecule has 1 spiro atoms. The first-order valence-electron chi connectivity index (χ1n) is 10.6. The number of carbonyl (C=O) groups excluding carboxylic acids is 1. The van der Waals surface area contributed by atoms with Crippen LogP contribution in [0.3, 0.4) is 0 Å². The van der Waals surface area contributed by atoms with Gasteiger partial charge in [-0.2, -0.15) is 5.10 Å². The third-order valence-corrected chi connectivity index (χ3v) is 6.48. The number of hydrogen-bond donors (Lipinski definition) is 1. The van der Waals surface area contributed by atoms with Gasteiger partial charge in [-0.25, -0.2) is 9.80 Å². The first kappa shape index (κ1) is 20.0. The molecule has 1 N–H and O–H groups in total. The van der Waals surface area contributed by atoms with Crippen LogP contribution in [0, 0.1) is 0 Å². The van der Waals surface area contributed by atoms with Gasteiger partial charge in [-0.1, -0.05) is 23.7 Å². The van der Waals surface area contributed by atoms with E-state index in [-0.39, 0.29) is 17.9 Å². The third-order valence-electron chi connectivity index (χ3n) is 6.24. The molecular formula is C23H24ClN3O4. The minimum atomic E-state index is -0.666. The number of piperidine rings is 1. The molecule has 7 nitrogen and oxygen atoms in total. The van der Waals surface area contributed by atoms with Gasteiger partial charge in [-0.05, 0) is 37.3 Å². The summed E-state index contributed by atoms with van der Waals surface area (Å²) in [6, 6.07) is 12.9. The summed E-state index contributed by atoms with van der Waals surface area (Å²) >= 11 is 6.30. The second kappa shape index (κ2) is 7.64. The zero-order valence-electron chi connectivity index (χ0n) is 17.3. The smallest absolute Gasteiger partial charge is 0.409 e. The molecule has 31 heavy (non-hydrogen) atoms. The number of phenolic OH excluding ortho intramolecular Hbond substituents is 1. The van der Waals surface area contributed by atoms with Crippen molar-refractivity contribution in [2.24, 2.45) is 5.10 Å². The summed E-state index contributed by atoms with van der Waals surface area (Å²) in [6.07, 6.45) is 1.54. The van der Waals surface area contributed by atoms with Gasteiger partial charge in [-0.3, -0.25) is 0 Å². The standard InChI is InChI=1S/C23H24ClN3O4/c1-2-30-22(29)26-11-9-23(10-12-26)27-19(17-13-15(24)7-8-21(17)31-23)14-18(25-27)16-5-3-4-6-20(16)28/h3-8,13,19,28H,2,9-12,14H2,1H3/t19-/m1/s1. The second-order valence-corrected chi connectivity index (χ2v) is 8.48. The van der Waals surface area contributed by atoms with Crippen LogP contribution >= 0.6 is 11.6 Å². The molecule has 0 bridgehead atoms. The normalized spacial score (nSPS) is 21.2. The molecule has 2 aromatic rings. The Labute approximate surface area is 185 Å². The maximum absolute atomic E-state index is 12.2. The predicted molar refractivity (Wildman–Crippen MR) is 116 cm³/mol. The van der Waals surface area contributed by atoms with Crippen LogP contribution in [0.25, 0.3) is 0 Å². The largest absolute Gasteiger partial charge is 0.507 e. The van der Waals surface area contributed by atoms with Crippen molar-refractivity contribution in [1.82, 2.24) is 9.91 Å². The summed E-state index contributed by atoms with van der Waals surface area (Å²) in [5.41, 5.74) is 1.85. The molecule has 5 rings (SSSR count). The molecule has 162 valence electrons. The molecule has 1 saturated heterocycles. The van der Waals surface area contributed by atoms with Crippen molar-refractivity contribution in [2.45, 2.75) is 38.0 Å². The highest BCUT2D eigenvalue weighted by molar-refractivity contribution is 6.30. The number of likely N-dealkylation sites (tertiary alicyclic amines) is 1. The van der Waals surface area contributed by atoms with E-state index in [2.05, 4.69) is 0 Å². The Morgan fingerprint density at radius 3 is 2.81 bits per heavy atom. The van der Waals surface area contributed by atoms with E-state index in [0.717, 1.165) is 22.6 Å². The third kappa shape index (κ3) is 3.37. The van der Waals surface area contributed by atoms with Crippen LogP contribution in [0.1, 0.15) is 43.4 Å². The van der Waals surface area contributed by atoms with E-state index < -0.39 is 5.72 Å². The minimum absolute atomic E-state index is 0.0498. The Bertz CT molecular complexity index is 1050. The zero-order chi connectivity index (χ0) is 21.6. The molecule has 0 saturated carbocycles. The number of phenols is 1. The molecule has 1 atom stereocenters. The van der Waals surface area contributed by atoms with E-state index in [1.807, 2.05) is 35.3 Å². The van der Waals surface area contributed by atoms with Gasteiger partial charge in [0.25, 0.3) is 0 Å². The van der Waals surface area contributed by atoms with E-state index in [0.29, 0.717) is 44.0 Å². The average molecular weight is 442 g/mol. The lowest BCUT2D eigenvalue weighted by Crippen LogP contribution is -2.59. The molecule has 3 aliphatic heterocycles. The Morgan fingerprint density at radius 1 is 1.29 bits per heavy atom. The van der Waals surface area contributed by atoms with Crippen LogP contribution < -0.4 is 4.74 Å². The van der Waals surface area contributed by atoms with Crippen LogP contribution in [0.2, 0.25) is 5.02 Å². The number of halogens is 1. The predicted octanol–water partition coefficient (Wildman–Crippen LogP) is 4.54. The van der Waals surface area contributed by atoms with Crippen molar-refractivity contribution in [3.05, 3.63) is 58.6 Å². The fourth-order valence-corrected chi connectivity index (χ4v) is 4.90. The molecule has 8 heteroatoms. The van der Waals surface area contributed by atoms with Crippen LogP contribution in [-0.4, -0.2) is 52.2 Å². The van der Waals surface area contributed by atoms with E-state index in [1.165, 1.54) is 0 Å². The van der Waals surface area contributed by atoms with Crippen molar-refractivity contribution in [1.29, 1.82) is 0 Å². The first-order chi connectivity index (χ1) is 15.0. The number of carbonyl (C=O) groups is 1. The maximum atomic E-state index is 12.2. The number of nitrogens with zero attached hydrogens (tertiary/aromatic N) is 3. The molecule has 0 radical (unpaired) electrons. The molecule has 3 aliphatic rings. The minimum Gasteiger partial charge on any atom is -0.507 e. The molecule has 0 aliphatic carbocycles. The molecular weight excluding hydrogens is 418 g/mol. The summed E-state index contributed by atoms with van der Waals surface area (Å²) in [7, 11) is 0. The van der Waals surface area contributed by atoms with Crippen LogP contribution in [0.5, 0.6) is 11.5 Å². The molecule has 2 aromatic carbocycles. The fourth-order valence-electron chi connectivity index (χ4n) is 4.72. The van der Waals surface area contributed by atoms with Gasteiger partial charge in [0, 0.05) is 48.5 Å². The fraction of sp³-hybridized carbons (Fsp3) is 0.391. The number of ether oxygens (including phenoxy) is 2. The number of amides is 1. The summed E-state index contributed by atoms with van der Waals surface area (Å²) in [4.78, 5) is 13.9. The topological polar surface area (TPSA) is 74.6 Å². The Morgan fingerprint density at radius 2 is 2.06 bits per heavy atom. The van der Waals surface area contributed by atoms with Gasteiger partial charge >= 0.3 is 6.09 Å². The van der Waals surface area contributed by atoms with E-state index in [9.17, 15) is 9.90 Å². The lowest BCUT2D eigenvalue weighted by molar-refractivity contribution is -0.147. The molecule has 1 amide bonds. The summed E-state index contributed by atoms with van der Waals surface area (Å²) in [6.45, 7) is 3.20. The van der Waals surface area contributed by atoms with Gasteiger partial charge in [0.15, 0.2) is 0 Å². The lowest BCUT2D eigenvalue weighted by Gasteiger charge is -2.51. The van der Waals surface area contributed by atoms with Crippen molar-refractivity contribution >= 4 is 23.4 Å². The second-order valence-electron chi connectivity index (χ2n) is 8.04. The Balaban J connectivity index is 1.51. The monoisotopic (exact) mass is 441 g/mol. The quantitative estimate of drug-likeness (QED) is 0.740.